The molecule has 2 rings (SSSR count). The average Bonchev–Trinajstić information content (AvgIpc) is 2.65. The van der Waals surface area contributed by atoms with Gasteiger partial charge in [0, 0.05) is 18.0 Å². The summed E-state index contributed by atoms with van der Waals surface area (Å²) < 4.78 is 0. The zero-order chi connectivity index (χ0) is 18.8. The third-order valence-electron chi connectivity index (χ3n) is 3.98. The number of carbonyl (C=O) groups is 1. The number of benzene rings is 1. The molecule has 4 heteroatoms. The quantitative estimate of drug-likeness (QED) is 0.560. The minimum atomic E-state index is -0.699. The number of hydrogen-bond donors (Lipinski definition) is 1. The van der Waals surface area contributed by atoms with Gasteiger partial charge < -0.3 is 5.11 Å². The Balaban J connectivity index is 2.03. The molecule has 0 saturated heterocycles. The monoisotopic (exact) mass is 369 g/mol. The predicted molar refractivity (Wildman–Crippen MR) is 110 cm³/mol. The number of aromatic nitrogens is 1. The van der Waals surface area contributed by atoms with E-state index in [-0.39, 0.29) is 5.25 Å². The number of hydrogen-bond acceptors (Lipinski definition) is 3. The molecular formula is C22H27NO2S. The van der Waals surface area contributed by atoms with Crippen molar-refractivity contribution in [1.82, 2.24) is 4.98 Å². The summed E-state index contributed by atoms with van der Waals surface area (Å²) in [5.74, 6) is 0.699. The lowest BCUT2D eigenvalue weighted by Crippen LogP contribution is -2.17. The van der Waals surface area contributed by atoms with Gasteiger partial charge in [-0.2, -0.15) is 0 Å². The highest BCUT2D eigenvalue weighted by Gasteiger charge is 2.17. The molecule has 0 amide bonds. The minimum Gasteiger partial charge on any atom is -0.480 e. The van der Waals surface area contributed by atoms with E-state index in [1.165, 1.54) is 0 Å². The van der Waals surface area contributed by atoms with E-state index in [1.54, 1.807) is 18.0 Å². The smallest absolute Gasteiger partial charge is 0.316 e. The van der Waals surface area contributed by atoms with Crippen LogP contribution in [0.25, 0.3) is 5.57 Å². The van der Waals surface area contributed by atoms with Gasteiger partial charge >= 0.3 is 5.97 Å². The number of carboxylic acid groups (broad SMARTS) is 1. The Kier molecular flexibility index (Phi) is 8.42. The molecule has 0 bridgehead atoms. The van der Waals surface area contributed by atoms with Gasteiger partial charge in [0.1, 0.15) is 5.25 Å². The highest BCUT2D eigenvalue weighted by molar-refractivity contribution is 8.00. The van der Waals surface area contributed by atoms with Crippen molar-refractivity contribution in [2.45, 2.75) is 38.4 Å². The fourth-order valence-corrected chi connectivity index (χ4v) is 3.77. The van der Waals surface area contributed by atoms with E-state index in [9.17, 15) is 9.90 Å². The fourth-order valence-electron chi connectivity index (χ4n) is 2.68. The topological polar surface area (TPSA) is 50.2 Å². The molecule has 0 saturated carbocycles. The number of unbranched alkanes of at least 4 members (excludes halogenated alkanes) is 1. The maximum Gasteiger partial charge on any atom is 0.316 e. The maximum absolute atomic E-state index is 11.4. The maximum atomic E-state index is 11.4. The molecule has 2 aromatic rings. The molecule has 0 aliphatic carbocycles. The van der Waals surface area contributed by atoms with Gasteiger partial charge in [-0.1, -0.05) is 56.3 Å². The molecule has 1 heterocycles. The third kappa shape index (κ3) is 6.68. The SMILES string of the molecule is CC(C)CSC(CCC/C=C(\c1ccccc1)c1cccnc1)C(=O)O. The summed E-state index contributed by atoms with van der Waals surface area (Å²) in [6.45, 7) is 4.24. The standard InChI is InChI=1S/C22H27NO2S/c1-17(2)16-26-21(22(24)25)13-7-6-12-20(18-9-4-3-5-10-18)19-11-8-14-23-15-19/h3-5,8-12,14-15,17,21H,6-7,13,16H2,1-2H3,(H,24,25)/b20-12+. The Morgan fingerprint density at radius 3 is 2.50 bits per heavy atom. The van der Waals surface area contributed by atoms with Crippen LogP contribution < -0.4 is 0 Å². The first-order valence-electron chi connectivity index (χ1n) is 9.08. The van der Waals surface area contributed by atoms with Crippen LogP contribution in [0.15, 0.2) is 60.9 Å². The Bertz CT molecular complexity index is 657. The summed E-state index contributed by atoms with van der Waals surface area (Å²) in [4.78, 5) is 15.7. The predicted octanol–water partition coefficient (Wildman–Crippen LogP) is 5.53. The van der Waals surface area contributed by atoms with Gasteiger partial charge in [-0.3, -0.25) is 9.78 Å². The average molecular weight is 370 g/mol. The summed E-state index contributed by atoms with van der Waals surface area (Å²) in [5.41, 5.74) is 3.40. The van der Waals surface area contributed by atoms with Crippen LogP contribution in [0, 0.1) is 5.92 Å². The largest absolute Gasteiger partial charge is 0.480 e. The van der Waals surface area contributed by atoms with E-state index in [0.29, 0.717) is 12.3 Å². The number of rotatable bonds is 10. The number of thioether (sulfide) groups is 1. The lowest BCUT2D eigenvalue weighted by Gasteiger charge is -2.13. The zero-order valence-corrected chi connectivity index (χ0v) is 16.3. The van der Waals surface area contributed by atoms with Crippen LogP contribution in [-0.4, -0.2) is 27.1 Å². The second-order valence-electron chi connectivity index (χ2n) is 6.71. The minimum absolute atomic E-state index is 0.315. The van der Waals surface area contributed by atoms with Crippen LogP contribution in [0.3, 0.4) is 0 Å². The van der Waals surface area contributed by atoms with Gasteiger partial charge in [0.2, 0.25) is 0 Å². The number of aliphatic carboxylic acids is 1. The second-order valence-corrected chi connectivity index (χ2v) is 7.95. The highest BCUT2D eigenvalue weighted by Crippen LogP contribution is 2.25. The van der Waals surface area contributed by atoms with Crippen molar-refractivity contribution in [3.63, 3.8) is 0 Å². The van der Waals surface area contributed by atoms with Crippen LogP contribution in [0.2, 0.25) is 0 Å². The molecule has 3 nitrogen and oxygen atoms in total. The summed E-state index contributed by atoms with van der Waals surface area (Å²) in [6, 6.07) is 14.3. The van der Waals surface area contributed by atoms with Crippen molar-refractivity contribution in [2.24, 2.45) is 5.92 Å². The first kappa shape index (κ1) is 20.2. The summed E-state index contributed by atoms with van der Waals surface area (Å²) in [6.07, 6.45) is 8.26. The summed E-state index contributed by atoms with van der Waals surface area (Å²) in [7, 11) is 0. The molecule has 1 unspecified atom stereocenters. The fraction of sp³-hybridized carbons (Fsp3) is 0.364. The van der Waals surface area contributed by atoms with Gasteiger partial charge in [-0.25, -0.2) is 0 Å². The van der Waals surface area contributed by atoms with E-state index in [1.807, 2.05) is 30.5 Å². The zero-order valence-electron chi connectivity index (χ0n) is 15.5. The molecule has 0 spiro atoms. The van der Waals surface area contributed by atoms with Crippen molar-refractivity contribution in [3.8, 4) is 0 Å². The molecule has 0 aliphatic heterocycles. The van der Waals surface area contributed by atoms with E-state index in [2.05, 4.69) is 43.1 Å². The summed E-state index contributed by atoms with van der Waals surface area (Å²) in [5, 5.41) is 9.09. The first-order valence-corrected chi connectivity index (χ1v) is 10.1. The van der Waals surface area contributed by atoms with Crippen LogP contribution >= 0.6 is 11.8 Å². The van der Waals surface area contributed by atoms with Gasteiger partial charge in [0.05, 0.1) is 0 Å². The number of carboxylic acids is 1. The van der Waals surface area contributed by atoms with Gasteiger partial charge in [0.25, 0.3) is 0 Å². The van der Waals surface area contributed by atoms with Crippen molar-refractivity contribution >= 4 is 23.3 Å². The van der Waals surface area contributed by atoms with Crippen molar-refractivity contribution < 1.29 is 9.90 Å². The van der Waals surface area contributed by atoms with E-state index in [0.717, 1.165) is 35.3 Å². The molecule has 1 atom stereocenters. The Morgan fingerprint density at radius 2 is 1.88 bits per heavy atom. The molecule has 0 radical (unpaired) electrons. The lowest BCUT2D eigenvalue weighted by atomic mass is 9.97. The van der Waals surface area contributed by atoms with Crippen molar-refractivity contribution in [1.29, 1.82) is 0 Å². The third-order valence-corrected chi connectivity index (χ3v) is 5.68. The molecule has 138 valence electrons. The van der Waals surface area contributed by atoms with Gasteiger partial charge in [0.15, 0.2) is 0 Å². The molecule has 1 aromatic heterocycles. The highest BCUT2D eigenvalue weighted by atomic mass is 32.2. The van der Waals surface area contributed by atoms with Crippen LogP contribution in [-0.2, 0) is 4.79 Å². The van der Waals surface area contributed by atoms with E-state index < -0.39 is 5.97 Å². The Morgan fingerprint density at radius 1 is 1.15 bits per heavy atom. The molecule has 26 heavy (non-hydrogen) atoms. The molecule has 1 N–H and O–H groups in total. The first-order chi connectivity index (χ1) is 12.6. The lowest BCUT2D eigenvalue weighted by molar-refractivity contribution is -0.136. The molecule has 1 aromatic carbocycles. The van der Waals surface area contributed by atoms with Crippen LogP contribution in [0.4, 0.5) is 0 Å². The van der Waals surface area contributed by atoms with Crippen molar-refractivity contribution in [2.75, 3.05) is 5.75 Å². The number of pyridine rings is 1. The molecular weight excluding hydrogens is 342 g/mol. The van der Waals surface area contributed by atoms with Crippen molar-refractivity contribution in [3.05, 3.63) is 72.1 Å². The normalized spacial score (nSPS) is 13.0. The van der Waals surface area contributed by atoms with Gasteiger partial charge in [-0.05, 0) is 48.1 Å². The number of nitrogens with zero attached hydrogens (tertiary/aromatic N) is 1. The molecule has 0 aliphatic rings. The summed E-state index contributed by atoms with van der Waals surface area (Å²) >= 11 is 1.56. The van der Waals surface area contributed by atoms with E-state index >= 15 is 0 Å². The molecule has 0 fully saturated rings. The van der Waals surface area contributed by atoms with Crippen LogP contribution in [0.1, 0.15) is 44.2 Å². The van der Waals surface area contributed by atoms with Gasteiger partial charge in [-0.15, -0.1) is 11.8 Å². The van der Waals surface area contributed by atoms with Crippen LogP contribution in [0.5, 0.6) is 0 Å². The van der Waals surface area contributed by atoms with E-state index in [4.69, 9.17) is 0 Å². The Labute approximate surface area is 160 Å². The second kappa shape index (κ2) is 10.8. The Hall–Kier alpha value is -2.07. The number of allylic oxidation sites excluding steroid dienone is 1.